The number of nitrogens with zero attached hydrogens (tertiary/aromatic N) is 3. The fraction of sp³-hybridized carbons (Fsp3) is 0.933. The van der Waals surface area contributed by atoms with Gasteiger partial charge in [0.1, 0.15) is 0 Å². The molecule has 4 nitrogen and oxygen atoms in total. The second-order valence-electron chi connectivity index (χ2n) is 7.44. The van der Waals surface area contributed by atoms with Crippen LogP contribution in [0, 0.1) is 0 Å². The summed E-state index contributed by atoms with van der Waals surface area (Å²) in [6, 6.07) is 0.239. The SMILES string of the molecule is CC1(C)CC(N=C([Se])N2CCCCC2)CC(C)(C)N1[O]. The maximum atomic E-state index is 12.4. The van der Waals surface area contributed by atoms with Gasteiger partial charge in [-0.05, 0) is 0 Å². The van der Waals surface area contributed by atoms with Gasteiger partial charge in [-0.2, -0.15) is 0 Å². The van der Waals surface area contributed by atoms with Gasteiger partial charge >= 0.3 is 131 Å². The van der Waals surface area contributed by atoms with E-state index in [1.165, 1.54) is 24.3 Å². The Morgan fingerprint density at radius 2 is 1.55 bits per heavy atom. The van der Waals surface area contributed by atoms with Crippen molar-refractivity contribution in [2.24, 2.45) is 4.99 Å². The van der Waals surface area contributed by atoms with Crippen LogP contribution in [0.1, 0.15) is 59.8 Å². The molecule has 0 saturated carbocycles. The van der Waals surface area contributed by atoms with E-state index in [1.54, 1.807) is 0 Å². The Morgan fingerprint density at radius 1 is 1.05 bits per heavy atom. The van der Waals surface area contributed by atoms with E-state index in [0.29, 0.717) is 0 Å². The molecule has 2 aliphatic heterocycles. The third kappa shape index (κ3) is 3.56. The molecule has 0 atom stereocenters. The van der Waals surface area contributed by atoms with Crippen LogP contribution in [0.25, 0.3) is 0 Å². The molecular weight excluding hydrogens is 317 g/mol. The van der Waals surface area contributed by atoms with Gasteiger partial charge in [0.25, 0.3) is 0 Å². The van der Waals surface area contributed by atoms with E-state index in [-0.39, 0.29) is 17.1 Å². The zero-order valence-corrected chi connectivity index (χ0v) is 14.9. The molecule has 0 spiro atoms. The van der Waals surface area contributed by atoms with Crippen molar-refractivity contribution < 1.29 is 5.21 Å². The molecule has 0 aliphatic carbocycles. The van der Waals surface area contributed by atoms with Gasteiger partial charge in [0.15, 0.2) is 0 Å². The van der Waals surface area contributed by atoms with Crippen LogP contribution >= 0.6 is 0 Å². The number of piperidine rings is 2. The number of likely N-dealkylation sites (tertiary alicyclic amines) is 1. The summed E-state index contributed by atoms with van der Waals surface area (Å²) in [6.07, 6.45) is 5.52. The predicted molar refractivity (Wildman–Crippen MR) is 82.3 cm³/mol. The van der Waals surface area contributed by atoms with Crippen LogP contribution in [0.3, 0.4) is 0 Å². The van der Waals surface area contributed by atoms with Crippen molar-refractivity contribution in [3.05, 3.63) is 0 Å². The third-order valence-electron chi connectivity index (χ3n) is 4.49. The van der Waals surface area contributed by atoms with E-state index in [9.17, 15) is 5.21 Å². The molecule has 0 N–H and O–H groups in total. The summed E-state index contributed by atoms with van der Waals surface area (Å²) < 4.78 is 1.04. The fourth-order valence-electron chi connectivity index (χ4n) is 3.62. The fourth-order valence-corrected chi connectivity index (χ4v) is 4.32. The third-order valence-corrected chi connectivity index (χ3v) is 5.25. The zero-order chi connectivity index (χ0) is 15.0. The minimum atomic E-state index is -0.335. The van der Waals surface area contributed by atoms with Crippen molar-refractivity contribution in [3.8, 4) is 0 Å². The molecule has 5 heteroatoms. The van der Waals surface area contributed by atoms with Gasteiger partial charge in [-0.1, -0.05) is 0 Å². The molecule has 2 heterocycles. The van der Waals surface area contributed by atoms with Crippen molar-refractivity contribution in [2.45, 2.75) is 76.9 Å². The molecule has 2 saturated heterocycles. The molecule has 114 valence electrons. The Balaban J connectivity index is 2.08. The molecular formula is C15H27N3OSe. The molecule has 2 radical (unpaired) electrons. The van der Waals surface area contributed by atoms with E-state index >= 15 is 0 Å². The van der Waals surface area contributed by atoms with E-state index in [4.69, 9.17) is 4.99 Å². The normalized spacial score (nSPS) is 28.6. The van der Waals surface area contributed by atoms with Crippen molar-refractivity contribution >= 4 is 20.7 Å². The molecule has 2 rings (SSSR count). The molecule has 0 aromatic rings. The van der Waals surface area contributed by atoms with E-state index in [2.05, 4.69) is 20.9 Å². The molecule has 20 heavy (non-hydrogen) atoms. The van der Waals surface area contributed by atoms with Gasteiger partial charge in [0.05, 0.1) is 0 Å². The number of aliphatic imine (C=N–C) groups is 1. The van der Waals surface area contributed by atoms with Crippen LogP contribution < -0.4 is 0 Å². The topological polar surface area (TPSA) is 38.7 Å². The Kier molecular flexibility index (Phi) is 4.85. The number of amidine groups is 1. The van der Waals surface area contributed by atoms with E-state index in [1.807, 2.05) is 27.7 Å². The number of hydrogen-bond acceptors (Lipinski definition) is 2. The molecule has 0 amide bonds. The second kappa shape index (κ2) is 5.96. The Labute approximate surface area is 131 Å². The predicted octanol–water partition coefficient (Wildman–Crippen LogP) is 2.36. The molecule has 0 bridgehead atoms. The Bertz CT molecular complexity index is 357. The van der Waals surface area contributed by atoms with Crippen LogP contribution in [-0.2, 0) is 5.21 Å². The first kappa shape index (κ1) is 16.3. The first-order valence-corrected chi connectivity index (χ1v) is 8.55. The maximum absolute atomic E-state index is 12.4. The second-order valence-corrected chi connectivity index (χ2v) is 8.21. The van der Waals surface area contributed by atoms with Gasteiger partial charge in [0.2, 0.25) is 0 Å². The van der Waals surface area contributed by atoms with Crippen molar-refractivity contribution in [1.29, 1.82) is 0 Å². The Hall–Kier alpha value is -0.0905. The van der Waals surface area contributed by atoms with Crippen molar-refractivity contribution in [1.82, 2.24) is 9.96 Å². The monoisotopic (exact) mass is 345 g/mol. The van der Waals surface area contributed by atoms with Crippen LogP contribution in [-0.4, -0.2) is 60.9 Å². The summed E-state index contributed by atoms with van der Waals surface area (Å²) in [5, 5.41) is 13.6. The van der Waals surface area contributed by atoms with Crippen molar-refractivity contribution in [2.75, 3.05) is 13.1 Å². The summed E-state index contributed by atoms with van der Waals surface area (Å²) >= 11 is 3.14. The number of hydrogen-bond donors (Lipinski definition) is 0. The van der Waals surface area contributed by atoms with Gasteiger partial charge in [0, 0.05) is 0 Å². The first-order chi connectivity index (χ1) is 9.22. The van der Waals surface area contributed by atoms with Crippen LogP contribution in [0.15, 0.2) is 4.99 Å². The number of rotatable bonds is 1. The summed E-state index contributed by atoms with van der Waals surface area (Å²) in [5.41, 5.74) is -0.670. The molecule has 2 fully saturated rings. The Morgan fingerprint density at radius 3 is 2.05 bits per heavy atom. The van der Waals surface area contributed by atoms with Gasteiger partial charge in [-0.15, -0.1) is 0 Å². The van der Waals surface area contributed by atoms with Crippen LogP contribution in [0.4, 0.5) is 0 Å². The summed E-state index contributed by atoms with van der Waals surface area (Å²) in [4.78, 5) is 7.26. The van der Waals surface area contributed by atoms with Gasteiger partial charge in [-0.3, -0.25) is 0 Å². The average Bonchev–Trinajstić information content (AvgIpc) is 2.36. The van der Waals surface area contributed by atoms with Crippen molar-refractivity contribution in [3.63, 3.8) is 0 Å². The summed E-state index contributed by atoms with van der Waals surface area (Å²) in [6.45, 7) is 10.3. The van der Waals surface area contributed by atoms with Gasteiger partial charge < -0.3 is 0 Å². The summed E-state index contributed by atoms with van der Waals surface area (Å²) in [7, 11) is 0. The molecule has 2 aliphatic rings. The zero-order valence-electron chi connectivity index (χ0n) is 13.2. The van der Waals surface area contributed by atoms with E-state index < -0.39 is 0 Å². The standard InChI is InChI=1S/C15H27N3OSe/c1-14(2)10-12(11-15(3,4)18(14)19)16-13(20)17-8-6-5-7-9-17/h12H,5-11H2,1-4H3. The van der Waals surface area contributed by atoms with Gasteiger partial charge in [-0.25, -0.2) is 0 Å². The first-order valence-electron chi connectivity index (χ1n) is 7.70. The van der Waals surface area contributed by atoms with E-state index in [0.717, 1.165) is 30.7 Å². The minimum absolute atomic E-state index is 0.239. The van der Waals surface area contributed by atoms with Crippen LogP contribution in [0.2, 0.25) is 0 Å². The average molecular weight is 344 g/mol. The quantitative estimate of drug-likeness (QED) is 0.416. The summed E-state index contributed by atoms with van der Waals surface area (Å²) in [5.74, 6) is 0. The number of hydroxylamine groups is 2. The molecule has 0 aromatic carbocycles. The molecule has 0 aromatic heterocycles. The molecule has 0 unspecified atom stereocenters. The van der Waals surface area contributed by atoms with Crippen LogP contribution in [0.5, 0.6) is 0 Å².